The Morgan fingerprint density at radius 2 is 1.96 bits per heavy atom. The number of rotatable bonds is 5. The van der Waals surface area contributed by atoms with Gasteiger partial charge in [-0.05, 0) is 49.8 Å². The van der Waals surface area contributed by atoms with Crippen molar-refractivity contribution >= 4 is 17.7 Å². The van der Waals surface area contributed by atoms with Gasteiger partial charge < -0.3 is 15.0 Å². The van der Waals surface area contributed by atoms with Crippen LogP contribution in [-0.4, -0.2) is 31.7 Å². The van der Waals surface area contributed by atoms with E-state index in [1.165, 1.54) is 6.07 Å². The van der Waals surface area contributed by atoms with Crippen LogP contribution >= 0.6 is 0 Å². The molecule has 1 aliphatic rings. The average Bonchev–Trinajstić information content (AvgIpc) is 2.67. The molecule has 0 spiro atoms. The number of hydrogen-bond acceptors (Lipinski definition) is 3. The molecule has 1 N–H and O–H groups in total. The summed E-state index contributed by atoms with van der Waals surface area (Å²) >= 11 is 0. The van der Waals surface area contributed by atoms with Crippen molar-refractivity contribution in [3.05, 3.63) is 71.3 Å². The zero-order valence-corrected chi connectivity index (χ0v) is 16.0. The van der Waals surface area contributed by atoms with Crippen LogP contribution in [0.4, 0.5) is 14.5 Å². The molecule has 1 amide bonds. The lowest BCUT2D eigenvalue weighted by Gasteiger charge is -2.33. The number of ether oxygens (including phenoxy) is 1. The number of hydrogen-bond donors (Lipinski definition) is 1. The number of halogens is 2. The molecule has 0 aromatic heterocycles. The molecule has 0 radical (unpaired) electrons. The summed E-state index contributed by atoms with van der Waals surface area (Å²) in [5.74, 6) is -1.82. The molecule has 1 heterocycles. The summed E-state index contributed by atoms with van der Waals surface area (Å²) in [5, 5.41) is 2.83. The van der Waals surface area contributed by atoms with Gasteiger partial charge in [0, 0.05) is 30.4 Å². The van der Waals surface area contributed by atoms with Crippen LogP contribution in [0, 0.1) is 11.6 Å². The molecule has 1 saturated heterocycles. The highest BCUT2D eigenvalue weighted by molar-refractivity contribution is 5.92. The van der Waals surface area contributed by atoms with Crippen LogP contribution in [0.25, 0.3) is 6.08 Å². The Morgan fingerprint density at radius 1 is 1.25 bits per heavy atom. The van der Waals surface area contributed by atoms with Gasteiger partial charge in [0.1, 0.15) is 11.6 Å². The van der Waals surface area contributed by atoms with Crippen LogP contribution < -0.4 is 10.2 Å². The minimum atomic E-state index is -0.704. The predicted octanol–water partition coefficient (Wildman–Crippen LogP) is 4.08. The highest BCUT2D eigenvalue weighted by Gasteiger charge is 2.18. The molecule has 2 aromatic carbocycles. The summed E-state index contributed by atoms with van der Waals surface area (Å²) in [6.45, 7) is 6.25. The predicted molar refractivity (Wildman–Crippen MR) is 106 cm³/mol. The monoisotopic (exact) mass is 386 g/mol. The third-order valence-corrected chi connectivity index (χ3v) is 4.74. The van der Waals surface area contributed by atoms with Gasteiger partial charge in [0.15, 0.2) is 0 Å². The first-order valence-corrected chi connectivity index (χ1v) is 9.33. The molecule has 28 heavy (non-hydrogen) atoms. The van der Waals surface area contributed by atoms with Crippen LogP contribution in [0.5, 0.6) is 0 Å². The molecule has 2 atom stereocenters. The molecular weight excluding hydrogens is 362 g/mol. The molecule has 4 nitrogen and oxygen atoms in total. The van der Waals surface area contributed by atoms with E-state index in [1.807, 2.05) is 38.1 Å². The Hall–Kier alpha value is -2.73. The van der Waals surface area contributed by atoms with Crippen molar-refractivity contribution < 1.29 is 18.3 Å². The van der Waals surface area contributed by atoms with E-state index in [0.717, 1.165) is 48.6 Å². The van der Waals surface area contributed by atoms with Crippen molar-refractivity contribution in [1.29, 1.82) is 0 Å². The van der Waals surface area contributed by atoms with E-state index < -0.39 is 17.5 Å². The van der Waals surface area contributed by atoms with E-state index in [4.69, 9.17) is 4.74 Å². The molecule has 1 fully saturated rings. The van der Waals surface area contributed by atoms with E-state index in [0.29, 0.717) is 6.61 Å². The molecular formula is C22H24F2N2O2. The van der Waals surface area contributed by atoms with Crippen molar-refractivity contribution in [2.24, 2.45) is 0 Å². The zero-order valence-electron chi connectivity index (χ0n) is 16.0. The second kappa shape index (κ2) is 8.97. The average molecular weight is 386 g/mol. The van der Waals surface area contributed by atoms with Crippen molar-refractivity contribution in [3.63, 3.8) is 0 Å². The molecule has 2 unspecified atom stereocenters. The highest BCUT2D eigenvalue weighted by atomic mass is 19.1. The molecule has 148 valence electrons. The molecule has 0 aliphatic carbocycles. The molecule has 6 heteroatoms. The van der Waals surface area contributed by atoms with Crippen LogP contribution in [0.15, 0.2) is 48.5 Å². The number of morpholine rings is 1. The first-order chi connectivity index (χ1) is 13.4. The van der Waals surface area contributed by atoms with E-state index in [-0.39, 0.29) is 17.7 Å². The lowest BCUT2D eigenvalue weighted by molar-refractivity contribution is -0.117. The minimum absolute atomic E-state index is 0.179. The lowest BCUT2D eigenvalue weighted by atomic mass is 10.1. The third-order valence-electron chi connectivity index (χ3n) is 4.74. The maximum Gasteiger partial charge on any atom is 0.244 e. The van der Waals surface area contributed by atoms with Gasteiger partial charge in [-0.3, -0.25) is 4.79 Å². The van der Waals surface area contributed by atoms with Gasteiger partial charge >= 0.3 is 0 Å². The highest BCUT2D eigenvalue weighted by Crippen LogP contribution is 2.23. The summed E-state index contributed by atoms with van der Waals surface area (Å²) in [6.07, 6.45) is 2.47. The topological polar surface area (TPSA) is 41.6 Å². The maximum atomic E-state index is 13.6. The van der Waals surface area contributed by atoms with E-state index in [9.17, 15) is 13.6 Å². The van der Waals surface area contributed by atoms with Crippen molar-refractivity contribution in [2.75, 3.05) is 24.6 Å². The van der Waals surface area contributed by atoms with Gasteiger partial charge in [-0.15, -0.1) is 0 Å². The Labute approximate surface area is 163 Å². The molecule has 1 aliphatic heterocycles. The summed E-state index contributed by atoms with van der Waals surface area (Å²) in [6, 6.07) is 11.3. The fourth-order valence-corrected chi connectivity index (χ4v) is 3.22. The fraction of sp³-hybridized carbons (Fsp3) is 0.318. The van der Waals surface area contributed by atoms with Gasteiger partial charge in [0.05, 0.1) is 18.8 Å². The fourth-order valence-electron chi connectivity index (χ4n) is 3.22. The number of amides is 1. The van der Waals surface area contributed by atoms with Crippen LogP contribution in [-0.2, 0) is 9.53 Å². The smallest absolute Gasteiger partial charge is 0.244 e. The molecule has 3 rings (SSSR count). The number of nitrogens with zero attached hydrogens (tertiary/aromatic N) is 1. The van der Waals surface area contributed by atoms with Gasteiger partial charge in [0.25, 0.3) is 0 Å². The number of benzene rings is 2. The largest absolute Gasteiger partial charge is 0.375 e. The minimum Gasteiger partial charge on any atom is -0.375 e. The number of carbonyl (C=O) groups is 1. The van der Waals surface area contributed by atoms with Gasteiger partial charge in [-0.25, -0.2) is 8.78 Å². The van der Waals surface area contributed by atoms with E-state index >= 15 is 0 Å². The summed E-state index contributed by atoms with van der Waals surface area (Å²) in [4.78, 5) is 14.4. The first kappa shape index (κ1) is 20.0. The van der Waals surface area contributed by atoms with Gasteiger partial charge in [-0.1, -0.05) is 18.2 Å². The summed E-state index contributed by atoms with van der Waals surface area (Å²) < 4.78 is 32.9. The van der Waals surface area contributed by atoms with Crippen LogP contribution in [0.1, 0.15) is 31.0 Å². The van der Waals surface area contributed by atoms with Gasteiger partial charge in [0.2, 0.25) is 5.91 Å². The first-order valence-electron chi connectivity index (χ1n) is 9.33. The Morgan fingerprint density at radius 3 is 2.68 bits per heavy atom. The Bertz CT molecular complexity index is 849. The van der Waals surface area contributed by atoms with Crippen molar-refractivity contribution in [3.8, 4) is 0 Å². The summed E-state index contributed by atoms with van der Waals surface area (Å²) in [5.41, 5.74) is 1.81. The van der Waals surface area contributed by atoms with E-state index in [1.54, 1.807) is 0 Å². The Balaban J connectivity index is 1.66. The third kappa shape index (κ3) is 4.95. The van der Waals surface area contributed by atoms with Crippen molar-refractivity contribution in [1.82, 2.24) is 5.32 Å². The van der Waals surface area contributed by atoms with Crippen molar-refractivity contribution in [2.45, 2.75) is 26.0 Å². The number of nitrogens with one attached hydrogen (secondary N) is 1. The molecule has 0 saturated carbocycles. The SMILES string of the molecule is CC1CN(c2cccc(C(C)NC(=O)C=Cc3c(F)cccc3F)c2)CCO1. The maximum absolute atomic E-state index is 13.6. The summed E-state index contributed by atoms with van der Waals surface area (Å²) in [7, 11) is 0. The number of anilines is 1. The quantitative estimate of drug-likeness (QED) is 0.788. The van der Waals surface area contributed by atoms with Crippen LogP contribution in [0.3, 0.4) is 0 Å². The standard InChI is InChI=1S/C22H24F2N2O2/c1-15-14-26(11-12-28-15)18-6-3-5-17(13-18)16(2)25-22(27)10-9-19-20(23)7-4-8-21(19)24/h3-10,13,15-16H,11-12,14H2,1-2H3,(H,25,27). The van der Waals surface area contributed by atoms with Crippen LogP contribution in [0.2, 0.25) is 0 Å². The second-order valence-corrected chi connectivity index (χ2v) is 6.92. The van der Waals surface area contributed by atoms with E-state index in [2.05, 4.69) is 10.2 Å². The van der Waals surface area contributed by atoms with Gasteiger partial charge in [-0.2, -0.15) is 0 Å². The normalized spacial score (nSPS) is 18.3. The molecule has 0 bridgehead atoms. The number of carbonyl (C=O) groups excluding carboxylic acids is 1. The second-order valence-electron chi connectivity index (χ2n) is 6.92. The zero-order chi connectivity index (χ0) is 20.1. The molecule has 2 aromatic rings. The Kier molecular flexibility index (Phi) is 6.41. The lowest BCUT2D eigenvalue weighted by Crippen LogP contribution is -2.41.